The smallest absolute Gasteiger partial charge is 0.193 e. The fourth-order valence-corrected chi connectivity index (χ4v) is 4.40. The zero-order valence-corrected chi connectivity index (χ0v) is 15.0. The summed E-state index contributed by atoms with van der Waals surface area (Å²) in [6, 6.07) is 6.23. The van der Waals surface area contributed by atoms with Gasteiger partial charge in [0.25, 0.3) is 0 Å². The third-order valence-electron chi connectivity index (χ3n) is 4.36. The zero-order valence-electron chi connectivity index (χ0n) is 14.2. The number of rotatable bonds is 7. The molecule has 128 valence electrons. The van der Waals surface area contributed by atoms with Crippen LogP contribution >= 0.6 is 0 Å². The maximum absolute atomic E-state index is 11.5. The number of para-hydroxylation sites is 1. The van der Waals surface area contributed by atoms with Gasteiger partial charge < -0.3 is 11.1 Å². The van der Waals surface area contributed by atoms with E-state index in [1.54, 1.807) is 0 Å². The van der Waals surface area contributed by atoms with Crippen molar-refractivity contribution < 1.29 is 8.42 Å². The fraction of sp³-hybridized carbons (Fsp3) is 0.588. The van der Waals surface area contributed by atoms with Gasteiger partial charge in [-0.2, -0.15) is 0 Å². The Morgan fingerprint density at radius 2 is 1.83 bits per heavy atom. The number of aryl methyl sites for hydroxylation is 2. The molecule has 1 aliphatic carbocycles. The number of hydrogen-bond acceptors (Lipinski definition) is 3. The van der Waals surface area contributed by atoms with Crippen LogP contribution in [0.5, 0.6) is 0 Å². The molecule has 1 aromatic carbocycles. The molecular formula is C17H27N3O2S. The molecule has 3 N–H and O–H groups in total. The van der Waals surface area contributed by atoms with Crippen LogP contribution in [0.25, 0.3) is 0 Å². The standard InChI is InChI=1S/C17H27N3O2S/c1-4-13-7-6-8-14(5-2)15(13)20-16(18)19-11-17(9-10-17)12-23(3,21)22/h6-8H,4-5,9-12H2,1-3H3,(H3,18,19,20). The molecule has 1 aromatic rings. The van der Waals surface area contributed by atoms with Gasteiger partial charge in [0.05, 0.1) is 5.75 Å². The van der Waals surface area contributed by atoms with Crippen molar-refractivity contribution >= 4 is 21.5 Å². The highest BCUT2D eigenvalue weighted by Gasteiger charge is 2.45. The fourth-order valence-electron chi connectivity index (χ4n) is 2.90. The molecule has 0 bridgehead atoms. The van der Waals surface area contributed by atoms with E-state index in [1.165, 1.54) is 17.4 Å². The van der Waals surface area contributed by atoms with E-state index in [0.717, 1.165) is 31.4 Å². The number of benzene rings is 1. The van der Waals surface area contributed by atoms with Gasteiger partial charge in [-0.1, -0.05) is 32.0 Å². The summed E-state index contributed by atoms with van der Waals surface area (Å²) in [4.78, 5) is 4.41. The molecule has 0 saturated heterocycles. The van der Waals surface area contributed by atoms with E-state index < -0.39 is 9.84 Å². The second-order valence-corrected chi connectivity index (χ2v) is 8.70. The third kappa shape index (κ3) is 4.96. The number of nitrogens with zero attached hydrogens (tertiary/aromatic N) is 1. The number of nitrogens with one attached hydrogen (secondary N) is 1. The number of hydrogen-bond donors (Lipinski definition) is 2. The van der Waals surface area contributed by atoms with Crippen LogP contribution in [0.4, 0.5) is 5.69 Å². The molecular weight excluding hydrogens is 310 g/mol. The van der Waals surface area contributed by atoms with Crippen molar-refractivity contribution in [2.24, 2.45) is 16.1 Å². The monoisotopic (exact) mass is 337 g/mol. The van der Waals surface area contributed by atoms with Crippen molar-refractivity contribution in [3.05, 3.63) is 29.3 Å². The molecule has 0 amide bonds. The van der Waals surface area contributed by atoms with Crippen LogP contribution in [-0.2, 0) is 22.7 Å². The lowest BCUT2D eigenvalue weighted by molar-refractivity contribution is 0.552. The van der Waals surface area contributed by atoms with Crippen molar-refractivity contribution in [2.75, 3.05) is 23.9 Å². The molecule has 1 fully saturated rings. The Labute approximate surface area is 139 Å². The molecule has 6 heteroatoms. The van der Waals surface area contributed by atoms with E-state index in [-0.39, 0.29) is 11.2 Å². The molecule has 2 rings (SSSR count). The SMILES string of the molecule is CCc1cccc(CC)c1NC(N)=NCC1(CS(C)(=O)=O)CC1. The Bertz CT molecular complexity index is 670. The molecule has 0 aromatic heterocycles. The van der Waals surface area contributed by atoms with Gasteiger partial charge in [0.2, 0.25) is 0 Å². The molecule has 0 radical (unpaired) electrons. The van der Waals surface area contributed by atoms with Gasteiger partial charge in [-0.15, -0.1) is 0 Å². The molecule has 5 nitrogen and oxygen atoms in total. The summed E-state index contributed by atoms with van der Waals surface area (Å²) < 4.78 is 23.0. The maximum atomic E-state index is 11.5. The zero-order chi connectivity index (χ0) is 17.1. The van der Waals surface area contributed by atoms with Gasteiger partial charge in [-0.25, -0.2) is 8.42 Å². The number of aliphatic imine (C=N–C) groups is 1. The molecule has 0 atom stereocenters. The van der Waals surface area contributed by atoms with Gasteiger partial charge in [-0.05, 0) is 36.8 Å². The Morgan fingerprint density at radius 3 is 2.26 bits per heavy atom. The molecule has 1 saturated carbocycles. The van der Waals surface area contributed by atoms with Crippen molar-refractivity contribution in [3.63, 3.8) is 0 Å². The lowest BCUT2D eigenvalue weighted by atomic mass is 10.0. The van der Waals surface area contributed by atoms with E-state index in [4.69, 9.17) is 5.73 Å². The van der Waals surface area contributed by atoms with Crippen molar-refractivity contribution in [1.29, 1.82) is 0 Å². The van der Waals surface area contributed by atoms with Crippen LogP contribution in [0.3, 0.4) is 0 Å². The Morgan fingerprint density at radius 1 is 1.26 bits per heavy atom. The van der Waals surface area contributed by atoms with Crippen LogP contribution in [0, 0.1) is 5.41 Å². The molecule has 23 heavy (non-hydrogen) atoms. The summed E-state index contributed by atoms with van der Waals surface area (Å²) in [5.41, 5.74) is 9.29. The van der Waals surface area contributed by atoms with E-state index in [0.29, 0.717) is 12.5 Å². The minimum absolute atomic E-state index is 0.197. The topological polar surface area (TPSA) is 84.5 Å². The van der Waals surface area contributed by atoms with Gasteiger partial charge in [0.1, 0.15) is 9.84 Å². The molecule has 1 aliphatic rings. The predicted molar refractivity (Wildman–Crippen MR) is 96.7 cm³/mol. The lowest BCUT2D eigenvalue weighted by Crippen LogP contribution is -2.27. The number of nitrogens with two attached hydrogens (primary N) is 1. The van der Waals surface area contributed by atoms with Crippen LogP contribution < -0.4 is 11.1 Å². The normalized spacial score (nSPS) is 17.1. The van der Waals surface area contributed by atoms with Gasteiger partial charge >= 0.3 is 0 Å². The van der Waals surface area contributed by atoms with Gasteiger partial charge in [0, 0.05) is 23.9 Å². The summed E-state index contributed by atoms with van der Waals surface area (Å²) in [6.07, 6.45) is 4.93. The largest absolute Gasteiger partial charge is 0.370 e. The van der Waals surface area contributed by atoms with Gasteiger partial charge in [0.15, 0.2) is 5.96 Å². The molecule has 0 unspecified atom stereocenters. The Kier molecular flexibility index (Phi) is 5.34. The number of guanidine groups is 1. The summed E-state index contributed by atoms with van der Waals surface area (Å²) >= 11 is 0. The Balaban J connectivity index is 2.09. The van der Waals surface area contributed by atoms with Gasteiger partial charge in [-0.3, -0.25) is 4.99 Å². The average molecular weight is 337 g/mol. The number of sulfone groups is 1. The second-order valence-electron chi connectivity index (χ2n) is 6.55. The first-order valence-corrected chi connectivity index (χ1v) is 10.2. The maximum Gasteiger partial charge on any atom is 0.193 e. The minimum Gasteiger partial charge on any atom is -0.370 e. The summed E-state index contributed by atoms with van der Waals surface area (Å²) in [7, 11) is -2.98. The molecule has 0 aliphatic heterocycles. The van der Waals surface area contributed by atoms with Crippen LogP contribution in [0.15, 0.2) is 23.2 Å². The van der Waals surface area contributed by atoms with E-state index in [2.05, 4.69) is 42.4 Å². The van der Waals surface area contributed by atoms with E-state index >= 15 is 0 Å². The molecule has 0 heterocycles. The quantitative estimate of drug-likeness (QED) is 0.591. The first-order valence-electron chi connectivity index (χ1n) is 8.14. The highest BCUT2D eigenvalue weighted by atomic mass is 32.2. The number of anilines is 1. The van der Waals surface area contributed by atoms with Crippen LogP contribution in [-0.4, -0.2) is 32.9 Å². The Hall–Kier alpha value is -1.56. The first-order chi connectivity index (χ1) is 10.8. The first kappa shape index (κ1) is 17.8. The summed E-state index contributed by atoms with van der Waals surface area (Å²) in [6.45, 7) is 4.69. The highest BCUT2D eigenvalue weighted by molar-refractivity contribution is 7.90. The van der Waals surface area contributed by atoms with Crippen LogP contribution in [0.1, 0.15) is 37.8 Å². The van der Waals surface area contributed by atoms with E-state index in [1.807, 2.05) is 0 Å². The van der Waals surface area contributed by atoms with Crippen molar-refractivity contribution in [2.45, 2.75) is 39.5 Å². The second kappa shape index (κ2) is 6.91. The van der Waals surface area contributed by atoms with Crippen molar-refractivity contribution in [3.8, 4) is 0 Å². The average Bonchev–Trinajstić information content (AvgIpc) is 3.23. The highest BCUT2D eigenvalue weighted by Crippen LogP contribution is 2.46. The summed E-state index contributed by atoms with van der Waals surface area (Å²) in [5.74, 6) is 0.558. The van der Waals surface area contributed by atoms with Crippen molar-refractivity contribution in [1.82, 2.24) is 0 Å². The summed E-state index contributed by atoms with van der Waals surface area (Å²) in [5, 5.41) is 3.22. The third-order valence-corrected chi connectivity index (χ3v) is 5.50. The minimum atomic E-state index is -2.98. The van der Waals surface area contributed by atoms with Crippen LogP contribution in [0.2, 0.25) is 0 Å². The lowest BCUT2D eigenvalue weighted by Gasteiger charge is -2.16. The molecule has 0 spiro atoms. The predicted octanol–water partition coefficient (Wildman–Crippen LogP) is 2.36. The van der Waals surface area contributed by atoms with E-state index in [9.17, 15) is 8.42 Å².